The molecule has 1 heterocycles. The number of carbonyl (C=O) groups is 1. The molecular formula is C33H26ClN3O2. The molecule has 0 saturated carbocycles. The Balaban J connectivity index is 1.34. The van der Waals surface area contributed by atoms with E-state index < -0.39 is 0 Å². The second-order valence-corrected chi connectivity index (χ2v) is 9.28. The van der Waals surface area contributed by atoms with Crippen molar-refractivity contribution in [2.24, 2.45) is 5.10 Å². The molecule has 1 amide bonds. The van der Waals surface area contributed by atoms with E-state index in [1.807, 2.05) is 103 Å². The molecule has 5 rings (SSSR count). The van der Waals surface area contributed by atoms with Crippen LogP contribution in [0.5, 0.6) is 5.75 Å². The Kier molecular flexibility index (Phi) is 8.10. The second-order valence-electron chi connectivity index (χ2n) is 8.88. The summed E-state index contributed by atoms with van der Waals surface area (Å²) in [6, 6.07) is 32.5. The summed E-state index contributed by atoms with van der Waals surface area (Å²) >= 11 is 6.26. The number of halogens is 1. The van der Waals surface area contributed by atoms with Gasteiger partial charge in [-0.15, -0.1) is 6.58 Å². The number of allylic oxidation sites excluding steroid dienone is 1. The van der Waals surface area contributed by atoms with Crippen molar-refractivity contribution in [3.8, 4) is 17.0 Å². The first-order chi connectivity index (χ1) is 19.1. The van der Waals surface area contributed by atoms with Crippen LogP contribution in [0.1, 0.15) is 27.0 Å². The molecule has 192 valence electrons. The highest BCUT2D eigenvalue weighted by atomic mass is 35.5. The van der Waals surface area contributed by atoms with Gasteiger partial charge in [-0.25, -0.2) is 10.4 Å². The molecule has 0 saturated heterocycles. The zero-order valence-electron chi connectivity index (χ0n) is 21.2. The third-order valence-electron chi connectivity index (χ3n) is 6.20. The summed E-state index contributed by atoms with van der Waals surface area (Å²) in [5, 5.41) is 5.66. The number of benzene rings is 4. The number of fused-ring (bicyclic) bond motifs is 1. The monoisotopic (exact) mass is 531 g/mol. The quantitative estimate of drug-likeness (QED) is 0.121. The van der Waals surface area contributed by atoms with Crippen LogP contribution < -0.4 is 10.2 Å². The third-order valence-corrected chi connectivity index (χ3v) is 6.57. The summed E-state index contributed by atoms with van der Waals surface area (Å²) in [6.07, 6.45) is 4.06. The number of nitrogens with one attached hydrogen (secondary N) is 1. The van der Waals surface area contributed by atoms with Gasteiger partial charge in [0.15, 0.2) is 0 Å². The lowest BCUT2D eigenvalue weighted by Gasteiger charge is -2.12. The number of amides is 1. The Labute approximate surface area is 232 Å². The molecule has 0 aliphatic carbocycles. The molecule has 1 N–H and O–H groups in total. The molecule has 5 aromatic rings. The highest BCUT2D eigenvalue weighted by molar-refractivity contribution is 6.31. The number of hydrogen-bond donors (Lipinski definition) is 1. The van der Waals surface area contributed by atoms with Crippen molar-refractivity contribution in [3.63, 3.8) is 0 Å². The van der Waals surface area contributed by atoms with E-state index in [0.29, 0.717) is 23.6 Å². The number of hydrogen-bond acceptors (Lipinski definition) is 4. The molecule has 6 heteroatoms. The van der Waals surface area contributed by atoms with Gasteiger partial charge in [0, 0.05) is 21.5 Å². The number of carbonyl (C=O) groups excluding carboxylic acids is 1. The summed E-state index contributed by atoms with van der Waals surface area (Å²) in [5.41, 5.74) is 8.28. The van der Waals surface area contributed by atoms with E-state index in [-0.39, 0.29) is 5.91 Å². The topological polar surface area (TPSA) is 63.6 Å². The van der Waals surface area contributed by atoms with Crippen molar-refractivity contribution in [1.29, 1.82) is 0 Å². The van der Waals surface area contributed by atoms with Crippen LogP contribution in [0.25, 0.3) is 22.2 Å². The number of pyridine rings is 1. The van der Waals surface area contributed by atoms with Crippen LogP contribution in [0.15, 0.2) is 121 Å². The predicted molar refractivity (Wildman–Crippen MR) is 158 cm³/mol. The van der Waals surface area contributed by atoms with Crippen LogP contribution in [0.3, 0.4) is 0 Å². The molecule has 0 atom stereocenters. The largest absolute Gasteiger partial charge is 0.489 e. The van der Waals surface area contributed by atoms with E-state index in [4.69, 9.17) is 21.3 Å². The fourth-order valence-electron chi connectivity index (χ4n) is 4.25. The van der Waals surface area contributed by atoms with Gasteiger partial charge in [-0.1, -0.05) is 84.4 Å². The van der Waals surface area contributed by atoms with Crippen LogP contribution in [-0.2, 0) is 13.0 Å². The number of para-hydroxylation sites is 1. The highest BCUT2D eigenvalue weighted by Gasteiger charge is 2.13. The van der Waals surface area contributed by atoms with Crippen LogP contribution in [0.2, 0.25) is 5.02 Å². The number of rotatable bonds is 9. The van der Waals surface area contributed by atoms with Gasteiger partial charge in [0.1, 0.15) is 12.4 Å². The molecule has 0 fully saturated rings. The Bertz CT molecular complexity index is 1670. The van der Waals surface area contributed by atoms with Gasteiger partial charge in [-0.2, -0.15) is 5.10 Å². The van der Waals surface area contributed by atoms with Crippen LogP contribution in [0.4, 0.5) is 0 Å². The molecule has 0 radical (unpaired) electrons. The lowest BCUT2D eigenvalue weighted by atomic mass is 10.0. The average Bonchev–Trinajstić information content (AvgIpc) is 2.97. The van der Waals surface area contributed by atoms with Gasteiger partial charge in [-0.3, -0.25) is 4.79 Å². The standard InChI is InChI=1S/C33H26ClN3O2/c1-2-10-25-19-23(17-18-32(25)39-22-26-13-6-8-15-29(26)34)21-35-37-33(38)28-20-31(24-11-4-3-5-12-24)36-30-16-9-7-14-27(28)30/h2-9,11-21H,1,10,22H2,(H,37,38)/b35-21+. The first-order valence-corrected chi connectivity index (χ1v) is 12.9. The summed E-state index contributed by atoms with van der Waals surface area (Å²) in [6.45, 7) is 4.22. The van der Waals surface area contributed by atoms with E-state index in [9.17, 15) is 4.79 Å². The smallest absolute Gasteiger partial charge is 0.272 e. The fraction of sp³-hybridized carbons (Fsp3) is 0.0606. The zero-order valence-corrected chi connectivity index (χ0v) is 21.9. The van der Waals surface area contributed by atoms with Gasteiger partial charge in [-0.05, 0) is 53.9 Å². The molecule has 1 aromatic heterocycles. The molecule has 0 spiro atoms. The van der Waals surface area contributed by atoms with Gasteiger partial charge in [0.05, 0.1) is 23.0 Å². The Morgan fingerprint density at radius 1 is 0.923 bits per heavy atom. The summed E-state index contributed by atoms with van der Waals surface area (Å²) in [4.78, 5) is 18.0. The van der Waals surface area contributed by atoms with E-state index >= 15 is 0 Å². The minimum atomic E-state index is -0.312. The molecule has 0 unspecified atom stereocenters. The second kappa shape index (κ2) is 12.2. The predicted octanol–water partition coefficient (Wildman–Crippen LogP) is 7.63. The Hall–Kier alpha value is -4.74. The van der Waals surface area contributed by atoms with E-state index in [1.54, 1.807) is 12.3 Å². The summed E-state index contributed by atoms with van der Waals surface area (Å²) < 4.78 is 6.05. The lowest BCUT2D eigenvalue weighted by molar-refractivity contribution is 0.0956. The van der Waals surface area contributed by atoms with Gasteiger partial charge in [0.2, 0.25) is 0 Å². The highest BCUT2D eigenvalue weighted by Crippen LogP contribution is 2.26. The normalized spacial score (nSPS) is 11.0. The molecule has 39 heavy (non-hydrogen) atoms. The number of hydrazone groups is 1. The molecule has 4 aromatic carbocycles. The van der Waals surface area contributed by atoms with Crippen molar-refractivity contribution in [2.45, 2.75) is 13.0 Å². The maximum Gasteiger partial charge on any atom is 0.272 e. The number of nitrogens with zero attached hydrogens (tertiary/aromatic N) is 2. The first kappa shape index (κ1) is 25.9. The first-order valence-electron chi connectivity index (χ1n) is 12.5. The van der Waals surface area contributed by atoms with Crippen molar-refractivity contribution < 1.29 is 9.53 Å². The maximum absolute atomic E-state index is 13.2. The summed E-state index contributed by atoms with van der Waals surface area (Å²) in [7, 11) is 0. The number of ether oxygens (including phenoxy) is 1. The Morgan fingerprint density at radius 2 is 1.69 bits per heavy atom. The SMILES string of the molecule is C=CCc1cc(/C=N/NC(=O)c2cc(-c3ccccc3)nc3ccccc23)ccc1OCc1ccccc1Cl. The van der Waals surface area contributed by atoms with Crippen LogP contribution in [-0.4, -0.2) is 17.1 Å². The van der Waals surface area contributed by atoms with E-state index in [0.717, 1.165) is 44.6 Å². The van der Waals surface area contributed by atoms with E-state index in [2.05, 4.69) is 17.1 Å². The van der Waals surface area contributed by atoms with Crippen LogP contribution in [0, 0.1) is 0 Å². The lowest BCUT2D eigenvalue weighted by Crippen LogP contribution is -2.18. The van der Waals surface area contributed by atoms with Gasteiger partial charge >= 0.3 is 0 Å². The maximum atomic E-state index is 13.2. The average molecular weight is 532 g/mol. The van der Waals surface area contributed by atoms with E-state index in [1.165, 1.54) is 0 Å². The minimum absolute atomic E-state index is 0.312. The van der Waals surface area contributed by atoms with Crippen molar-refractivity contribution in [3.05, 3.63) is 143 Å². The molecule has 0 aliphatic heterocycles. The molecular weight excluding hydrogens is 506 g/mol. The third kappa shape index (κ3) is 6.22. The minimum Gasteiger partial charge on any atom is -0.489 e. The zero-order chi connectivity index (χ0) is 27.0. The molecule has 5 nitrogen and oxygen atoms in total. The van der Waals surface area contributed by atoms with Crippen LogP contribution >= 0.6 is 11.6 Å². The fourth-order valence-corrected chi connectivity index (χ4v) is 4.44. The molecule has 0 aliphatic rings. The number of aromatic nitrogens is 1. The van der Waals surface area contributed by atoms with Gasteiger partial charge in [0.25, 0.3) is 5.91 Å². The molecule has 0 bridgehead atoms. The van der Waals surface area contributed by atoms with Crippen molar-refractivity contribution >= 4 is 34.6 Å². The summed E-state index contributed by atoms with van der Waals surface area (Å²) in [5.74, 6) is 0.431. The van der Waals surface area contributed by atoms with Crippen molar-refractivity contribution in [1.82, 2.24) is 10.4 Å². The van der Waals surface area contributed by atoms with Gasteiger partial charge < -0.3 is 4.74 Å². The Morgan fingerprint density at radius 3 is 2.51 bits per heavy atom. The van der Waals surface area contributed by atoms with Crippen molar-refractivity contribution in [2.75, 3.05) is 0 Å².